The van der Waals surface area contributed by atoms with Crippen molar-refractivity contribution in [3.05, 3.63) is 0 Å². The molecule has 0 unspecified atom stereocenters. The first-order valence-electron chi connectivity index (χ1n) is 10.3. The summed E-state index contributed by atoms with van der Waals surface area (Å²) in [6.45, 7) is 13.6. The second kappa shape index (κ2) is 11.1. The molecule has 0 aromatic carbocycles. The molecule has 2 amide bonds. The molecule has 0 aromatic heterocycles. The summed E-state index contributed by atoms with van der Waals surface area (Å²) in [5, 5.41) is 6.23. The van der Waals surface area contributed by atoms with Gasteiger partial charge in [-0.15, -0.1) is 0 Å². The number of guanidine groups is 1. The summed E-state index contributed by atoms with van der Waals surface area (Å²) >= 11 is 0. The normalized spacial score (nSPS) is 18.9. The molecule has 2 heterocycles. The SMILES string of the molecule is CCNC(=NCCNC(=O)C(C)C)N1CCN(CC(=O)N2CCCC2)CC1. The van der Waals surface area contributed by atoms with Gasteiger partial charge in [-0.1, -0.05) is 13.8 Å². The lowest BCUT2D eigenvalue weighted by atomic mass is 10.2. The van der Waals surface area contributed by atoms with Crippen LogP contribution in [0.3, 0.4) is 0 Å². The van der Waals surface area contributed by atoms with Crippen LogP contribution >= 0.6 is 0 Å². The molecule has 0 saturated carbocycles. The van der Waals surface area contributed by atoms with Crippen LogP contribution in [0.15, 0.2) is 4.99 Å². The fourth-order valence-corrected chi connectivity index (χ4v) is 3.35. The highest BCUT2D eigenvalue weighted by Gasteiger charge is 2.24. The van der Waals surface area contributed by atoms with Crippen molar-refractivity contribution in [2.45, 2.75) is 33.6 Å². The molecule has 0 bridgehead atoms. The Hall–Kier alpha value is -1.83. The summed E-state index contributed by atoms with van der Waals surface area (Å²) in [6, 6.07) is 0. The van der Waals surface area contributed by atoms with E-state index in [1.54, 1.807) is 0 Å². The lowest BCUT2D eigenvalue weighted by Gasteiger charge is -2.36. The van der Waals surface area contributed by atoms with Crippen molar-refractivity contribution < 1.29 is 9.59 Å². The molecule has 8 nitrogen and oxygen atoms in total. The van der Waals surface area contributed by atoms with E-state index in [0.717, 1.165) is 64.6 Å². The lowest BCUT2D eigenvalue weighted by Crippen LogP contribution is -2.54. The van der Waals surface area contributed by atoms with E-state index in [1.165, 1.54) is 0 Å². The zero-order valence-corrected chi connectivity index (χ0v) is 17.2. The number of nitrogens with one attached hydrogen (secondary N) is 2. The second-order valence-electron chi connectivity index (χ2n) is 7.53. The molecule has 2 rings (SSSR count). The highest BCUT2D eigenvalue weighted by molar-refractivity contribution is 5.81. The third kappa shape index (κ3) is 7.01. The van der Waals surface area contributed by atoms with Gasteiger partial charge >= 0.3 is 0 Å². The Morgan fingerprint density at radius 3 is 2.22 bits per heavy atom. The van der Waals surface area contributed by atoms with Crippen molar-refractivity contribution in [2.75, 3.05) is 65.4 Å². The Labute approximate surface area is 163 Å². The van der Waals surface area contributed by atoms with Gasteiger partial charge < -0.3 is 20.4 Å². The van der Waals surface area contributed by atoms with E-state index < -0.39 is 0 Å². The molecule has 0 atom stereocenters. The average molecular weight is 381 g/mol. The quantitative estimate of drug-likeness (QED) is 0.368. The molecule has 154 valence electrons. The number of amides is 2. The zero-order valence-electron chi connectivity index (χ0n) is 17.2. The Morgan fingerprint density at radius 1 is 0.963 bits per heavy atom. The summed E-state index contributed by atoms with van der Waals surface area (Å²) in [5.74, 6) is 1.22. The molecule has 2 N–H and O–H groups in total. The van der Waals surface area contributed by atoms with E-state index in [-0.39, 0.29) is 17.7 Å². The fraction of sp³-hybridized carbons (Fsp3) is 0.842. The molecule has 0 aromatic rings. The standard InChI is InChI=1S/C19H36N6O2/c1-4-20-19(22-8-7-21-18(27)16(2)3)25-13-11-23(12-14-25)15-17(26)24-9-5-6-10-24/h16H,4-15H2,1-3H3,(H,20,22)(H,21,27). The van der Waals surface area contributed by atoms with E-state index in [1.807, 2.05) is 18.7 Å². The molecule has 2 fully saturated rings. The minimum absolute atomic E-state index is 0.00133. The average Bonchev–Trinajstić information content (AvgIpc) is 3.19. The Balaban J connectivity index is 1.75. The first-order chi connectivity index (χ1) is 13.0. The molecule has 0 aliphatic carbocycles. The van der Waals surface area contributed by atoms with Crippen LogP contribution in [0.5, 0.6) is 0 Å². The number of hydrogen-bond donors (Lipinski definition) is 2. The van der Waals surface area contributed by atoms with Crippen molar-refractivity contribution in [3.63, 3.8) is 0 Å². The second-order valence-corrected chi connectivity index (χ2v) is 7.53. The van der Waals surface area contributed by atoms with E-state index in [4.69, 9.17) is 0 Å². The smallest absolute Gasteiger partial charge is 0.236 e. The lowest BCUT2D eigenvalue weighted by molar-refractivity contribution is -0.131. The highest BCUT2D eigenvalue weighted by Crippen LogP contribution is 2.09. The van der Waals surface area contributed by atoms with Crippen molar-refractivity contribution in [1.29, 1.82) is 0 Å². The van der Waals surface area contributed by atoms with Crippen LogP contribution in [-0.2, 0) is 9.59 Å². The van der Waals surface area contributed by atoms with Gasteiger partial charge in [-0.2, -0.15) is 0 Å². The Morgan fingerprint density at radius 2 is 1.63 bits per heavy atom. The van der Waals surface area contributed by atoms with Gasteiger partial charge in [-0.05, 0) is 19.8 Å². The Kier molecular flexibility index (Phi) is 8.84. The first kappa shape index (κ1) is 21.5. The number of aliphatic imine (C=N–C) groups is 1. The molecule has 8 heteroatoms. The maximum Gasteiger partial charge on any atom is 0.236 e. The molecule has 2 saturated heterocycles. The number of piperazine rings is 1. The van der Waals surface area contributed by atoms with E-state index >= 15 is 0 Å². The third-order valence-electron chi connectivity index (χ3n) is 5.02. The predicted octanol–water partition coefficient (Wildman–Crippen LogP) is -0.0359. The molecule has 0 spiro atoms. The van der Waals surface area contributed by atoms with Crippen molar-refractivity contribution in [2.24, 2.45) is 10.9 Å². The van der Waals surface area contributed by atoms with Crippen LogP contribution < -0.4 is 10.6 Å². The van der Waals surface area contributed by atoms with Crippen LogP contribution in [0.25, 0.3) is 0 Å². The molecular formula is C19H36N6O2. The van der Waals surface area contributed by atoms with Gasteiger partial charge in [0.15, 0.2) is 5.96 Å². The van der Waals surface area contributed by atoms with Gasteiger partial charge in [0.2, 0.25) is 11.8 Å². The van der Waals surface area contributed by atoms with Crippen LogP contribution in [0.4, 0.5) is 0 Å². The van der Waals surface area contributed by atoms with Crippen LogP contribution in [0.2, 0.25) is 0 Å². The maximum absolute atomic E-state index is 12.3. The van der Waals surface area contributed by atoms with Crippen molar-refractivity contribution in [1.82, 2.24) is 25.3 Å². The monoisotopic (exact) mass is 380 g/mol. The summed E-state index contributed by atoms with van der Waals surface area (Å²) < 4.78 is 0. The predicted molar refractivity (Wildman–Crippen MR) is 108 cm³/mol. The number of likely N-dealkylation sites (tertiary alicyclic amines) is 1. The number of carbonyl (C=O) groups excluding carboxylic acids is 2. The minimum Gasteiger partial charge on any atom is -0.357 e. The van der Waals surface area contributed by atoms with Crippen LogP contribution in [-0.4, -0.2) is 97.9 Å². The van der Waals surface area contributed by atoms with E-state index in [2.05, 4.69) is 32.3 Å². The molecule has 0 radical (unpaired) electrons. The fourth-order valence-electron chi connectivity index (χ4n) is 3.35. The number of rotatable bonds is 7. The van der Waals surface area contributed by atoms with Gasteiger partial charge in [0, 0.05) is 58.3 Å². The summed E-state index contributed by atoms with van der Waals surface area (Å²) in [5.41, 5.74) is 0. The first-order valence-corrected chi connectivity index (χ1v) is 10.3. The third-order valence-corrected chi connectivity index (χ3v) is 5.02. The topological polar surface area (TPSA) is 80.3 Å². The molecular weight excluding hydrogens is 344 g/mol. The van der Waals surface area contributed by atoms with E-state index in [0.29, 0.717) is 19.6 Å². The minimum atomic E-state index is -0.00133. The van der Waals surface area contributed by atoms with Gasteiger partial charge in [-0.3, -0.25) is 19.5 Å². The Bertz CT molecular complexity index is 508. The summed E-state index contributed by atoms with van der Waals surface area (Å²) in [7, 11) is 0. The van der Waals surface area contributed by atoms with Crippen LogP contribution in [0.1, 0.15) is 33.6 Å². The molecule has 27 heavy (non-hydrogen) atoms. The molecule has 2 aliphatic rings. The zero-order chi connectivity index (χ0) is 19.6. The largest absolute Gasteiger partial charge is 0.357 e. The number of nitrogens with zero attached hydrogens (tertiary/aromatic N) is 4. The van der Waals surface area contributed by atoms with Gasteiger partial charge in [0.25, 0.3) is 0 Å². The number of carbonyl (C=O) groups is 2. The summed E-state index contributed by atoms with van der Waals surface area (Å²) in [4.78, 5) is 35.0. The van der Waals surface area contributed by atoms with Gasteiger partial charge in [0.1, 0.15) is 0 Å². The van der Waals surface area contributed by atoms with Crippen molar-refractivity contribution in [3.8, 4) is 0 Å². The van der Waals surface area contributed by atoms with E-state index in [9.17, 15) is 9.59 Å². The number of hydrogen-bond acceptors (Lipinski definition) is 4. The van der Waals surface area contributed by atoms with Gasteiger partial charge in [0.05, 0.1) is 13.1 Å². The highest BCUT2D eigenvalue weighted by atomic mass is 16.2. The van der Waals surface area contributed by atoms with Crippen molar-refractivity contribution >= 4 is 17.8 Å². The summed E-state index contributed by atoms with van der Waals surface area (Å²) in [6.07, 6.45) is 2.28. The van der Waals surface area contributed by atoms with Gasteiger partial charge in [-0.25, -0.2) is 0 Å². The van der Waals surface area contributed by atoms with Crippen LogP contribution in [0, 0.1) is 5.92 Å². The molecule has 2 aliphatic heterocycles. The maximum atomic E-state index is 12.3.